The molecule has 4 rings (SSSR count). The topological polar surface area (TPSA) is 74.2 Å². The van der Waals surface area contributed by atoms with Gasteiger partial charge in [0, 0.05) is 5.92 Å². The van der Waals surface area contributed by atoms with Crippen LogP contribution in [-0.4, -0.2) is 51.1 Å². The smallest absolute Gasteiger partial charge is 0.337 e. The van der Waals surface area contributed by atoms with Gasteiger partial charge in [0.1, 0.15) is 6.10 Å². The van der Waals surface area contributed by atoms with Crippen molar-refractivity contribution in [3.8, 4) is 0 Å². The summed E-state index contributed by atoms with van der Waals surface area (Å²) < 4.78 is 24.9. The Kier molecular flexibility index (Phi) is 8.85. The zero-order valence-electron chi connectivity index (χ0n) is 22.7. The van der Waals surface area contributed by atoms with Gasteiger partial charge in [0.05, 0.1) is 19.8 Å². The molecule has 1 heterocycles. The van der Waals surface area contributed by atoms with E-state index in [2.05, 4.69) is 45.0 Å². The van der Waals surface area contributed by atoms with Gasteiger partial charge >= 0.3 is 5.97 Å². The molecule has 1 fully saturated rings. The van der Waals surface area contributed by atoms with Gasteiger partial charge in [-0.15, -0.1) is 0 Å². The van der Waals surface area contributed by atoms with Crippen molar-refractivity contribution in [1.29, 1.82) is 0 Å². The number of carbonyl (C=O) groups excluding carboxylic acids is 1. The van der Waals surface area contributed by atoms with Crippen molar-refractivity contribution < 1.29 is 28.5 Å². The Labute approximate surface area is 226 Å². The highest BCUT2D eigenvalue weighted by molar-refractivity contribution is 6.99. The molecular weight excluding hydrogens is 496 g/mol. The average molecular weight is 535 g/mol. The highest BCUT2D eigenvalue weighted by Gasteiger charge is 2.56. The van der Waals surface area contributed by atoms with Crippen LogP contribution in [0.1, 0.15) is 33.3 Å². The number of benzene rings is 3. The van der Waals surface area contributed by atoms with Crippen LogP contribution in [0, 0.1) is 5.92 Å². The predicted molar refractivity (Wildman–Crippen MR) is 150 cm³/mol. The van der Waals surface area contributed by atoms with Crippen LogP contribution in [0.2, 0.25) is 5.04 Å². The van der Waals surface area contributed by atoms with Gasteiger partial charge in [-0.3, -0.25) is 0 Å². The second kappa shape index (κ2) is 11.9. The van der Waals surface area contributed by atoms with Crippen molar-refractivity contribution in [3.05, 3.63) is 96.6 Å². The number of methoxy groups -OCH3 is 1. The fraction of sp³-hybridized carbons (Fsp3) is 0.387. The number of hydrogen-bond donors (Lipinski definition) is 1. The van der Waals surface area contributed by atoms with Crippen LogP contribution in [0.5, 0.6) is 0 Å². The minimum atomic E-state index is -3.05. The van der Waals surface area contributed by atoms with E-state index in [1.807, 2.05) is 73.7 Å². The summed E-state index contributed by atoms with van der Waals surface area (Å²) in [6, 6.07) is 30.3. The van der Waals surface area contributed by atoms with Gasteiger partial charge in [-0.05, 0) is 21.0 Å². The van der Waals surface area contributed by atoms with Gasteiger partial charge in [0.2, 0.25) is 0 Å². The number of aliphatic hydroxyl groups excluding tert-OH is 1. The van der Waals surface area contributed by atoms with Crippen molar-refractivity contribution >= 4 is 24.7 Å². The van der Waals surface area contributed by atoms with E-state index in [9.17, 15) is 9.90 Å². The summed E-state index contributed by atoms with van der Waals surface area (Å²) in [6.07, 6.45) is -3.85. The Balaban J connectivity index is 1.81. The van der Waals surface area contributed by atoms with E-state index in [4.69, 9.17) is 18.6 Å². The molecule has 3 aromatic carbocycles. The molecular formula is C31H38O6Si. The highest BCUT2D eigenvalue weighted by atomic mass is 28.4. The maximum absolute atomic E-state index is 12.7. The highest BCUT2D eigenvalue weighted by Crippen LogP contribution is 2.40. The number of ether oxygens (including phenoxy) is 3. The fourth-order valence-electron chi connectivity index (χ4n) is 5.29. The normalized spacial score (nSPS) is 24.1. The Hall–Kier alpha value is -2.81. The van der Waals surface area contributed by atoms with Crippen LogP contribution in [0.15, 0.2) is 91.0 Å². The van der Waals surface area contributed by atoms with Crippen molar-refractivity contribution in [2.24, 2.45) is 5.92 Å². The second-order valence-electron chi connectivity index (χ2n) is 10.8. The molecule has 0 aromatic heterocycles. The van der Waals surface area contributed by atoms with Crippen LogP contribution in [-0.2, 0) is 30.0 Å². The lowest BCUT2D eigenvalue weighted by molar-refractivity contribution is -0.271. The summed E-state index contributed by atoms with van der Waals surface area (Å²) in [7, 11) is -1.76. The lowest BCUT2D eigenvalue weighted by Crippen LogP contribution is -2.70. The molecule has 5 atom stereocenters. The minimum absolute atomic E-state index is 0.315. The molecule has 0 saturated carbocycles. The SMILES string of the molecule is COC(=O)C1O[C@@H](O[Si](c2ccccc2)(c2ccccc2)C(C)(C)C)C(OCc2ccccc2)[C@@H](C)[C@@H]1O. The molecule has 0 amide bonds. The second-order valence-corrected chi connectivity index (χ2v) is 15.1. The van der Waals surface area contributed by atoms with Gasteiger partial charge in [-0.25, -0.2) is 4.79 Å². The van der Waals surface area contributed by atoms with E-state index in [-0.39, 0.29) is 5.04 Å². The van der Waals surface area contributed by atoms with Gasteiger partial charge in [0.15, 0.2) is 12.4 Å². The predicted octanol–water partition coefficient (Wildman–Crippen LogP) is 4.04. The molecule has 38 heavy (non-hydrogen) atoms. The Bertz CT molecular complexity index is 1130. The molecule has 2 unspecified atom stereocenters. The molecule has 0 aliphatic carbocycles. The summed E-state index contributed by atoms with van der Waals surface area (Å²) in [4.78, 5) is 12.7. The summed E-state index contributed by atoms with van der Waals surface area (Å²) in [6.45, 7) is 8.71. The average Bonchev–Trinajstić information content (AvgIpc) is 2.93. The zero-order chi connectivity index (χ0) is 27.3. The van der Waals surface area contributed by atoms with E-state index in [0.29, 0.717) is 6.61 Å². The molecule has 0 radical (unpaired) electrons. The van der Waals surface area contributed by atoms with E-state index in [0.717, 1.165) is 15.9 Å². The number of rotatable bonds is 8. The van der Waals surface area contributed by atoms with Gasteiger partial charge in [-0.2, -0.15) is 0 Å². The van der Waals surface area contributed by atoms with Crippen molar-refractivity contribution in [1.82, 2.24) is 0 Å². The van der Waals surface area contributed by atoms with Crippen LogP contribution < -0.4 is 10.4 Å². The van der Waals surface area contributed by atoms with Crippen molar-refractivity contribution in [2.45, 2.75) is 63.9 Å². The van der Waals surface area contributed by atoms with Crippen LogP contribution in [0.25, 0.3) is 0 Å². The van der Waals surface area contributed by atoms with Gasteiger partial charge in [0.25, 0.3) is 8.32 Å². The van der Waals surface area contributed by atoms with E-state index < -0.39 is 44.8 Å². The Morgan fingerprint density at radius 2 is 1.39 bits per heavy atom. The maximum Gasteiger partial charge on any atom is 0.337 e. The largest absolute Gasteiger partial charge is 0.467 e. The third kappa shape index (κ3) is 5.62. The Morgan fingerprint density at radius 3 is 1.87 bits per heavy atom. The van der Waals surface area contributed by atoms with Crippen LogP contribution >= 0.6 is 0 Å². The first-order chi connectivity index (χ1) is 18.2. The molecule has 1 aliphatic rings. The number of aliphatic hydroxyl groups is 1. The summed E-state index contributed by atoms with van der Waals surface area (Å²) in [5.41, 5.74) is 0.994. The molecule has 3 aromatic rings. The lowest BCUT2D eigenvalue weighted by atomic mass is 9.90. The molecule has 0 spiro atoms. The summed E-state index contributed by atoms with van der Waals surface area (Å²) in [5, 5.41) is 12.9. The monoisotopic (exact) mass is 534 g/mol. The first-order valence-corrected chi connectivity index (χ1v) is 15.0. The number of carbonyl (C=O) groups is 1. The lowest BCUT2D eigenvalue weighted by Gasteiger charge is -2.49. The molecule has 1 N–H and O–H groups in total. The van der Waals surface area contributed by atoms with Crippen LogP contribution in [0.3, 0.4) is 0 Å². The molecule has 1 aliphatic heterocycles. The van der Waals surface area contributed by atoms with Crippen molar-refractivity contribution in [2.75, 3.05) is 7.11 Å². The van der Waals surface area contributed by atoms with Crippen molar-refractivity contribution in [3.63, 3.8) is 0 Å². The molecule has 0 bridgehead atoms. The van der Waals surface area contributed by atoms with E-state index >= 15 is 0 Å². The third-order valence-electron chi connectivity index (χ3n) is 7.34. The first-order valence-electron chi connectivity index (χ1n) is 13.0. The maximum atomic E-state index is 12.7. The minimum Gasteiger partial charge on any atom is -0.467 e. The molecule has 7 heteroatoms. The van der Waals surface area contributed by atoms with E-state index in [1.54, 1.807) is 0 Å². The Morgan fingerprint density at radius 1 is 0.895 bits per heavy atom. The number of hydrogen-bond acceptors (Lipinski definition) is 6. The zero-order valence-corrected chi connectivity index (χ0v) is 23.7. The summed E-state index contributed by atoms with van der Waals surface area (Å²) >= 11 is 0. The standard InChI is InChI=1S/C31H38O6Si/c1-22-26(32)28(29(33)34-5)36-30(27(22)35-21-23-15-9-6-10-16-23)37-38(31(2,3)4,24-17-11-7-12-18-24)25-19-13-8-14-20-25/h6-20,22,26-28,30,32H,21H2,1-5H3/t22-,26-,27?,28?,30-/m0/s1. The fourth-order valence-corrected chi connectivity index (χ4v) is 9.84. The van der Waals surface area contributed by atoms with Gasteiger partial charge < -0.3 is 23.7 Å². The first kappa shape index (κ1) is 28.2. The number of esters is 1. The quantitative estimate of drug-likeness (QED) is 0.347. The molecule has 1 saturated heterocycles. The van der Waals surface area contributed by atoms with E-state index in [1.165, 1.54) is 7.11 Å². The van der Waals surface area contributed by atoms with Gasteiger partial charge in [-0.1, -0.05) is 119 Å². The third-order valence-corrected chi connectivity index (χ3v) is 12.3. The molecule has 202 valence electrons. The molecule has 6 nitrogen and oxygen atoms in total. The van der Waals surface area contributed by atoms with Crippen LogP contribution in [0.4, 0.5) is 0 Å². The summed E-state index contributed by atoms with van der Waals surface area (Å²) in [5.74, 6) is -1.10.